The first-order chi connectivity index (χ1) is 4.81. The Labute approximate surface area is 61.3 Å². The van der Waals surface area contributed by atoms with Crippen LogP contribution in [0.4, 0.5) is 0 Å². The Bertz CT molecular complexity index is 183. The maximum absolute atomic E-state index is 10.7. The van der Waals surface area contributed by atoms with Gasteiger partial charge in [-0.05, 0) is 19.9 Å². The van der Waals surface area contributed by atoms with E-state index >= 15 is 0 Å². The van der Waals surface area contributed by atoms with Gasteiger partial charge in [-0.3, -0.25) is 4.79 Å². The predicted molar refractivity (Wildman–Crippen MR) is 41.3 cm³/mol. The Morgan fingerprint density at radius 1 is 1.70 bits per heavy atom. The summed E-state index contributed by atoms with van der Waals surface area (Å²) in [4.78, 5) is 10.7. The number of hydrogen-bond acceptors (Lipinski definition) is 1. The third kappa shape index (κ3) is 4.92. The molecule has 0 unspecified atom stereocenters. The first-order valence-electron chi connectivity index (χ1n) is 3.11. The highest BCUT2D eigenvalue weighted by Crippen LogP contribution is 1.69. The lowest BCUT2D eigenvalue weighted by Crippen LogP contribution is -2.20. The quantitative estimate of drug-likeness (QED) is 0.440. The SMILES string of the molecule is CC#CCNC(=O)/C=C/C. The van der Waals surface area contributed by atoms with Gasteiger partial charge in [0.25, 0.3) is 0 Å². The van der Waals surface area contributed by atoms with E-state index in [-0.39, 0.29) is 5.91 Å². The molecule has 1 amide bonds. The molecule has 2 nitrogen and oxygen atoms in total. The Morgan fingerprint density at radius 3 is 2.90 bits per heavy atom. The van der Waals surface area contributed by atoms with Gasteiger partial charge in [-0.15, -0.1) is 5.92 Å². The first kappa shape index (κ1) is 8.77. The van der Waals surface area contributed by atoms with Gasteiger partial charge in [-0.2, -0.15) is 0 Å². The summed E-state index contributed by atoms with van der Waals surface area (Å²) in [6.07, 6.45) is 3.16. The maximum atomic E-state index is 10.7. The Morgan fingerprint density at radius 2 is 2.40 bits per heavy atom. The number of nitrogens with one attached hydrogen (secondary N) is 1. The molecule has 0 atom stereocenters. The molecule has 0 heterocycles. The van der Waals surface area contributed by atoms with Crippen molar-refractivity contribution < 1.29 is 4.79 Å². The van der Waals surface area contributed by atoms with Crippen molar-refractivity contribution in [1.29, 1.82) is 0 Å². The predicted octanol–water partition coefficient (Wildman–Crippen LogP) is 0.702. The normalized spacial score (nSPS) is 8.60. The average Bonchev–Trinajstić information content (AvgIpc) is 1.89. The lowest BCUT2D eigenvalue weighted by atomic mass is 10.5. The van der Waals surface area contributed by atoms with E-state index < -0.39 is 0 Å². The molecule has 0 aliphatic carbocycles. The van der Waals surface area contributed by atoms with Crippen LogP contribution in [0.25, 0.3) is 0 Å². The van der Waals surface area contributed by atoms with E-state index in [0.717, 1.165) is 0 Å². The number of hydrogen-bond donors (Lipinski definition) is 1. The molecule has 0 aromatic carbocycles. The minimum atomic E-state index is -0.0924. The van der Waals surface area contributed by atoms with Gasteiger partial charge in [0, 0.05) is 0 Å². The van der Waals surface area contributed by atoms with E-state index in [0.29, 0.717) is 6.54 Å². The largest absolute Gasteiger partial charge is 0.342 e. The van der Waals surface area contributed by atoms with Crippen molar-refractivity contribution in [2.45, 2.75) is 13.8 Å². The second-order valence-corrected chi connectivity index (χ2v) is 1.64. The molecule has 0 radical (unpaired) electrons. The van der Waals surface area contributed by atoms with Crippen molar-refractivity contribution in [3.8, 4) is 11.8 Å². The van der Waals surface area contributed by atoms with Crippen LogP contribution in [0.1, 0.15) is 13.8 Å². The van der Waals surface area contributed by atoms with Gasteiger partial charge in [-0.25, -0.2) is 0 Å². The lowest BCUT2D eigenvalue weighted by molar-refractivity contribution is -0.116. The molecular formula is C8H11NO. The minimum absolute atomic E-state index is 0.0924. The second-order valence-electron chi connectivity index (χ2n) is 1.64. The summed E-state index contributed by atoms with van der Waals surface area (Å²) in [5.74, 6) is 5.31. The van der Waals surface area contributed by atoms with E-state index in [9.17, 15) is 4.79 Å². The highest BCUT2D eigenvalue weighted by Gasteiger charge is 1.87. The Balaban J connectivity index is 3.46. The summed E-state index contributed by atoms with van der Waals surface area (Å²) >= 11 is 0. The van der Waals surface area contributed by atoms with Crippen LogP contribution in [0.5, 0.6) is 0 Å². The number of allylic oxidation sites excluding steroid dienone is 1. The van der Waals surface area contributed by atoms with Crippen LogP contribution < -0.4 is 5.32 Å². The molecule has 10 heavy (non-hydrogen) atoms. The number of carbonyl (C=O) groups excluding carboxylic acids is 1. The van der Waals surface area contributed by atoms with E-state index in [1.54, 1.807) is 19.9 Å². The molecular weight excluding hydrogens is 126 g/mol. The van der Waals surface area contributed by atoms with Crippen molar-refractivity contribution in [2.24, 2.45) is 0 Å². The smallest absolute Gasteiger partial charge is 0.244 e. The van der Waals surface area contributed by atoms with E-state index in [2.05, 4.69) is 17.2 Å². The number of carbonyl (C=O) groups is 1. The fourth-order valence-electron chi connectivity index (χ4n) is 0.430. The fraction of sp³-hybridized carbons (Fsp3) is 0.375. The topological polar surface area (TPSA) is 29.1 Å². The molecule has 0 bridgehead atoms. The standard InChI is InChI=1S/C8H11NO/c1-3-5-7-9-8(10)6-4-2/h4,6H,7H2,1-2H3,(H,9,10)/b6-4+. The number of amides is 1. The summed E-state index contributed by atoms with van der Waals surface area (Å²) in [6, 6.07) is 0. The molecule has 0 aliphatic rings. The molecule has 2 heteroatoms. The third-order valence-corrected chi connectivity index (χ3v) is 0.846. The summed E-state index contributed by atoms with van der Waals surface area (Å²) in [7, 11) is 0. The Kier molecular flexibility index (Phi) is 5.17. The van der Waals surface area contributed by atoms with Crippen molar-refractivity contribution in [3.05, 3.63) is 12.2 Å². The fourth-order valence-corrected chi connectivity index (χ4v) is 0.430. The van der Waals surface area contributed by atoms with E-state index in [1.807, 2.05) is 0 Å². The van der Waals surface area contributed by atoms with E-state index in [4.69, 9.17) is 0 Å². The molecule has 54 valence electrons. The molecule has 0 rings (SSSR count). The van der Waals surface area contributed by atoms with Crippen molar-refractivity contribution >= 4 is 5.91 Å². The van der Waals surface area contributed by atoms with Gasteiger partial charge in [-0.1, -0.05) is 12.0 Å². The van der Waals surface area contributed by atoms with Crippen LogP contribution in [-0.2, 0) is 4.79 Å². The zero-order valence-electron chi connectivity index (χ0n) is 6.27. The van der Waals surface area contributed by atoms with Gasteiger partial charge < -0.3 is 5.32 Å². The molecule has 0 saturated heterocycles. The summed E-state index contributed by atoms with van der Waals surface area (Å²) < 4.78 is 0. The molecule has 0 saturated carbocycles. The van der Waals surface area contributed by atoms with Crippen molar-refractivity contribution in [1.82, 2.24) is 5.32 Å². The molecule has 0 aromatic heterocycles. The molecule has 0 aromatic rings. The number of rotatable bonds is 2. The van der Waals surface area contributed by atoms with Crippen LogP contribution in [0, 0.1) is 11.8 Å². The first-order valence-corrected chi connectivity index (χ1v) is 3.11. The van der Waals surface area contributed by atoms with Crippen LogP contribution in [0.3, 0.4) is 0 Å². The third-order valence-electron chi connectivity index (χ3n) is 0.846. The summed E-state index contributed by atoms with van der Waals surface area (Å²) in [5.41, 5.74) is 0. The minimum Gasteiger partial charge on any atom is -0.342 e. The van der Waals surface area contributed by atoms with Gasteiger partial charge in [0.2, 0.25) is 5.91 Å². The van der Waals surface area contributed by atoms with Gasteiger partial charge in [0.15, 0.2) is 0 Å². The zero-order valence-corrected chi connectivity index (χ0v) is 6.27. The summed E-state index contributed by atoms with van der Waals surface area (Å²) in [6.45, 7) is 3.96. The van der Waals surface area contributed by atoms with Crippen molar-refractivity contribution in [3.63, 3.8) is 0 Å². The Hall–Kier alpha value is -1.23. The van der Waals surface area contributed by atoms with E-state index in [1.165, 1.54) is 6.08 Å². The molecule has 1 N–H and O–H groups in total. The van der Waals surface area contributed by atoms with Crippen LogP contribution in [0.2, 0.25) is 0 Å². The zero-order chi connectivity index (χ0) is 7.82. The lowest BCUT2D eigenvalue weighted by Gasteiger charge is -1.91. The van der Waals surface area contributed by atoms with Gasteiger partial charge >= 0.3 is 0 Å². The molecule has 0 spiro atoms. The van der Waals surface area contributed by atoms with Crippen molar-refractivity contribution in [2.75, 3.05) is 6.54 Å². The molecule has 0 fully saturated rings. The highest BCUT2D eigenvalue weighted by molar-refractivity contribution is 5.87. The van der Waals surface area contributed by atoms with Crippen LogP contribution in [0.15, 0.2) is 12.2 Å². The van der Waals surface area contributed by atoms with Crippen LogP contribution in [-0.4, -0.2) is 12.5 Å². The van der Waals surface area contributed by atoms with Gasteiger partial charge in [0.1, 0.15) is 0 Å². The monoisotopic (exact) mass is 137 g/mol. The van der Waals surface area contributed by atoms with Crippen LogP contribution >= 0.6 is 0 Å². The molecule has 0 aliphatic heterocycles. The second kappa shape index (κ2) is 5.90. The summed E-state index contributed by atoms with van der Waals surface area (Å²) in [5, 5.41) is 2.59. The van der Waals surface area contributed by atoms with Gasteiger partial charge in [0.05, 0.1) is 6.54 Å². The highest BCUT2D eigenvalue weighted by atomic mass is 16.1. The maximum Gasteiger partial charge on any atom is 0.244 e. The average molecular weight is 137 g/mol.